The largest absolute Gasteiger partial charge is 0.477 e. The molecule has 1 aliphatic heterocycles. The Kier molecular flexibility index (Phi) is 14.2. The van der Waals surface area contributed by atoms with Crippen LogP contribution in [0.4, 0.5) is 11.4 Å². The van der Waals surface area contributed by atoms with Crippen molar-refractivity contribution in [3.63, 3.8) is 0 Å². The highest BCUT2D eigenvalue weighted by Crippen LogP contribution is 2.13. The number of benzene rings is 2. The zero-order chi connectivity index (χ0) is 30.0. The fourth-order valence-electron chi connectivity index (χ4n) is 3.06. The SMILES string of the molecule is N=C(NCCCCCCNC(=N)NC(=N)Nc1ccc(Cl)cc1)NC(=N)Nc1ccc(Cl)cc1.O=C(O)C1=NC=C1. The monoisotopic (exact) mass is 601 g/mol. The first kappa shape index (κ1) is 32.6. The van der Waals surface area contributed by atoms with Gasteiger partial charge in [0.1, 0.15) is 5.71 Å². The number of anilines is 2. The average Bonchev–Trinajstić information content (AvgIpc) is 2.87. The molecule has 0 amide bonds. The highest BCUT2D eigenvalue weighted by molar-refractivity contribution is 6.42. The topological polar surface area (TPSA) is 217 Å². The minimum absolute atomic E-state index is 0.00148. The molecule has 0 aliphatic carbocycles. The third kappa shape index (κ3) is 14.4. The Morgan fingerprint density at radius 1 is 0.683 bits per heavy atom. The van der Waals surface area contributed by atoms with Crippen LogP contribution in [0.3, 0.4) is 0 Å². The minimum Gasteiger partial charge on any atom is -0.477 e. The van der Waals surface area contributed by atoms with E-state index in [9.17, 15) is 4.79 Å². The number of hydrogen-bond acceptors (Lipinski definition) is 6. The number of rotatable bonds is 10. The molecule has 3 rings (SSSR count). The van der Waals surface area contributed by atoms with E-state index in [0.29, 0.717) is 34.5 Å². The van der Waals surface area contributed by atoms with Gasteiger partial charge >= 0.3 is 5.97 Å². The van der Waals surface area contributed by atoms with Crippen LogP contribution in [0.5, 0.6) is 0 Å². The van der Waals surface area contributed by atoms with Gasteiger partial charge in [-0.25, -0.2) is 9.79 Å². The van der Waals surface area contributed by atoms with Crippen LogP contribution in [0.1, 0.15) is 25.7 Å². The number of nitrogens with one attached hydrogen (secondary N) is 10. The molecule has 2 aromatic carbocycles. The number of nitrogens with zero attached hydrogens (tertiary/aromatic N) is 1. The molecular weight excluding hydrogens is 569 g/mol. The molecule has 1 heterocycles. The van der Waals surface area contributed by atoms with Gasteiger partial charge < -0.3 is 26.4 Å². The summed E-state index contributed by atoms with van der Waals surface area (Å²) in [7, 11) is 0. The molecule has 1 aliphatic rings. The lowest BCUT2D eigenvalue weighted by molar-refractivity contribution is -0.129. The van der Waals surface area contributed by atoms with Crippen LogP contribution >= 0.6 is 23.2 Å². The smallest absolute Gasteiger partial charge is 0.354 e. The molecule has 0 unspecified atom stereocenters. The molecular formula is C26H33Cl2N11O2. The van der Waals surface area contributed by atoms with Gasteiger partial charge in [0.15, 0.2) is 23.8 Å². The summed E-state index contributed by atoms with van der Waals surface area (Å²) in [6.07, 6.45) is 6.60. The summed E-state index contributed by atoms with van der Waals surface area (Å²) < 4.78 is 0. The van der Waals surface area contributed by atoms with Crippen molar-refractivity contribution in [2.24, 2.45) is 4.99 Å². The number of unbranched alkanes of at least 4 members (excludes halogenated alkanes) is 3. The molecule has 15 heteroatoms. The first-order valence-corrected chi connectivity index (χ1v) is 13.3. The summed E-state index contributed by atoms with van der Waals surface area (Å²) in [6, 6.07) is 13.9. The summed E-state index contributed by atoms with van der Waals surface area (Å²) >= 11 is 11.7. The van der Waals surface area contributed by atoms with Gasteiger partial charge in [0.25, 0.3) is 0 Å². The predicted molar refractivity (Wildman–Crippen MR) is 166 cm³/mol. The molecule has 218 valence electrons. The molecule has 0 saturated carbocycles. The zero-order valence-corrected chi connectivity index (χ0v) is 23.6. The molecule has 0 saturated heterocycles. The van der Waals surface area contributed by atoms with Crippen LogP contribution in [-0.4, -0.2) is 53.7 Å². The van der Waals surface area contributed by atoms with Gasteiger partial charge in [-0.05, 0) is 67.4 Å². The quantitative estimate of drug-likeness (QED) is 0.107. The van der Waals surface area contributed by atoms with Gasteiger partial charge in [-0.2, -0.15) is 0 Å². The Hall–Kier alpha value is -4.62. The molecule has 13 nitrogen and oxygen atoms in total. The van der Waals surface area contributed by atoms with Crippen molar-refractivity contribution >= 4 is 70.1 Å². The fraction of sp³-hybridized carbons (Fsp3) is 0.231. The molecule has 11 N–H and O–H groups in total. The maximum absolute atomic E-state index is 9.80. The van der Waals surface area contributed by atoms with Crippen LogP contribution in [0, 0.1) is 21.6 Å². The number of carboxylic acid groups (broad SMARTS) is 1. The van der Waals surface area contributed by atoms with Gasteiger partial charge in [0.2, 0.25) is 0 Å². The number of carboxylic acids is 1. The second-order valence-electron chi connectivity index (χ2n) is 8.42. The molecule has 2 aromatic rings. The van der Waals surface area contributed by atoms with E-state index in [1.54, 1.807) is 48.5 Å². The Bertz CT molecular complexity index is 1180. The fourth-order valence-corrected chi connectivity index (χ4v) is 3.31. The van der Waals surface area contributed by atoms with Crippen molar-refractivity contribution < 1.29 is 9.90 Å². The van der Waals surface area contributed by atoms with Crippen molar-refractivity contribution in [1.82, 2.24) is 21.3 Å². The van der Waals surface area contributed by atoms with Crippen LogP contribution in [-0.2, 0) is 4.79 Å². The van der Waals surface area contributed by atoms with Gasteiger partial charge in [-0.1, -0.05) is 36.0 Å². The predicted octanol–water partition coefficient (Wildman–Crippen LogP) is 4.21. The van der Waals surface area contributed by atoms with Crippen molar-refractivity contribution in [2.45, 2.75) is 25.7 Å². The standard InChI is InChI=1S/C22H30Cl2N10.C4H3NO2/c23-15-5-9-17(10-6-15)31-21(27)33-19(25)29-13-3-1-2-4-14-30-20(26)34-22(28)32-18-11-7-16(24)8-12-18;6-4(7)3-1-2-5-3/h5-12H,1-4,13-14H2,(H5,25,27,29,31,33)(H5,26,28,30,32,34);1-2H,(H,6,7). The van der Waals surface area contributed by atoms with E-state index in [4.69, 9.17) is 49.9 Å². The number of aliphatic imine (C=N–C) groups is 1. The molecule has 0 fully saturated rings. The molecule has 0 radical (unpaired) electrons. The number of aliphatic carboxylic acids is 1. The van der Waals surface area contributed by atoms with E-state index < -0.39 is 5.97 Å². The first-order valence-electron chi connectivity index (χ1n) is 12.5. The second-order valence-corrected chi connectivity index (χ2v) is 9.29. The van der Waals surface area contributed by atoms with E-state index in [0.717, 1.165) is 25.7 Å². The van der Waals surface area contributed by atoms with E-state index >= 15 is 0 Å². The lowest BCUT2D eigenvalue weighted by atomic mass is 10.2. The number of hydrogen-bond donors (Lipinski definition) is 11. The van der Waals surface area contributed by atoms with E-state index in [1.165, 1.54) is 12.3 Å². The molecule has 0 spiro atoms. The Labute approximate surface area is 247 Å². The molecule has 0 bridgehead atoms. The van der Waals surface area contributed by atoms with E-state index in [-0.39, 0.29) is 29.5 Å². The molecule has 41 heavy (non-hydrogen) atoms. The number of carbonyl (C=O) groups is 1. The highest BCUT2D eigenvalue weighted by atomic mass is 35.5. The maximum Gasteiger partial charge on any atom is 0.354 e. The summed E-state index contributed by atoms with van der Waals surface area (Å²) in [6.45, 7) is 1.25. The summed E-state index contributed by atoms with van der Waals surface area (Å²) in [5.74, 6) is -0.844. The van der Waals surface area contributed by atoms with Gasteiger partial charge in [0.05, 0.1) is 0 Å². The van der Waals surface area contributed by atoms with Gasteiger partial charge in [-0.3, -0.25) is 32.3 Å². The maximum atomic E-state index is 9.80. The van der Waals surface area contributed by atoms with Crippen LogP contribution in [0.2, 0.25) is 10.0 Å². The van der Waals surface area contributed by atoms with Crippen molar-refractivity contribution in [1.29, 1.82) is 21.6 Å². The van der Waals surface area contributed by atoms with Gasteiger partial charge in [0, 0.05) is 40.7 Å². The molecule has 0 aromatic heterocycles. The minimum atomic E-state index is -0.956. The average molecular weight is 603 g/mol. The zero-order valence-electron chi connectivity index (χ0n) is 22.1. The Morgan fingerprint density at radius 2 is 1.07 bits per heavy atom. The molecule has 0 atom stereocenters. The third-order valence-electron chi connectivity index (χ3n) is 5.10. The van der Waals surface area contributed by atoms with Crippen LogP contribution in [0.15, 0.2) is 65.8 Å². The van der Waals surface area contributed by atoms with E-state index in [1.807, 2.05) is 0 Å². The van der Waals surface area contributed by atoms with Crippen LogP contribution in [0.25, 0.3) is 0 Å². The van der Waals surface area contributed by atoms with Gasteiger partial charge in [-0.15, -0.1) is 0 Å². The highest BCUT2D eigenvalue weighted by Gasteiger charge is 2.07. The lowest BCUT2D eigenvalue weighted by Gasteiger charge is -2.13. The number of guanidine groups is 4. The summed E-state index contributed by atoms with van der Waals surface area (Å²) in [5, 5.41) is 57.5. The Morgan fingerprint density at radius 3 is 1.37 bits per heavy atom. The van der Waals surface area contributed by atoms with Crippen molar-refractivity contribution in [2.75, 3.05) is 23.7 Å². The third-order valence-corrected chi connectivity index (χ3v) is 5.60. The van der Waals surface area contributed by atoms with Crippen molar-refractivity contribution in [3.8, 4) is 0 Å². The summed E-state index contributed by atoms with van der Waals surface area (Å²) in [5.41, 5.74) is 1.56. The van der Waals surface area contributed by atoms with Crippen molar-refractivity contribution in [3.05, 3.63) is 70.9 Å². The summed E-state index contributed by atoms with van der Waals surface area (Å²) in [4.78, 5) is 13.2. The van der Waals surface area contributed by atoms with Crippen LogP contribution < -0.4 is 31.9 Å². The lowest BCUT2D eigenvalue weighted by Crippen LogP contribution is -2.43. The normalized spacial score (nSPS) is 10.9. The Balaban J connectivity index is 0.000000729. The van der Waals surface area contributed by atoms with E-state index in [2.05, 4.69) is 36.9 Å². The first-order chi connectivity index (χ1) is 19.6. The number of halogens is 2. The second kappa shape index (κ2) is 17.9.